The molecule has 2 atom stereocenters. The number of hydrogen-bond acceptors (Lipinski definition) is 3. The van der Waals surface area contributed by atoms with Gasteiger partial charge in [-0.25, -0.2) is 0 Å². The third kappa shape index (κ3) is 4.21. The van der Waals surface area contributed by atoms with Crippen LogP contribution in [0.4, 0.5) is 0 Å². The van der Waals surface area contributed by atoms with Gasteiger partial charge in [0.25, 0.3) is 0 Å². The molecule has 124 valence electrons. The topological polar surface area (TPSA) is 86.7 Å². The molecule has 2 aliphatic rings. The molecule has 22 heavy (non-hydrogen) atoms. The van der Waals surface area contributed by atoms with Crippen LogP contribution in [0.5, 0.6) is 0 Å². The van der Waals surface area contributed by atoms with Crippen LogP contribution in [0.2, 0.25) is 0 Å². The molecule has 0 radical (unpaired) electrons. The molecule has 2 amide bonds. The summed E-state index contributed by atoms with van der Waals surface area (Å²) in [5.74, 6) is -2.01. The Morgan fingerprint density at radius 1 is 1.27 bits per heavy atom. The second-order valence-electron chi connectivity index (χ2n) is 6.58. The van der Waals surface area contributed by atoms with Crippen LogP contribution in [0.25, 0.3) is 0 Å². The first kappa shape index (κ1) is 16.8. The molecule has 2 rings (SSSR count). The smallest absolute Gasteiger partial charge is 0.308 e. The maximum Gasteiger partial charge on any atom is 0.308 e. The van der Waals surface area contributed by atoms with E-state index in [0.717, 1.165) is 25.7 Å². The molecular formula is C16H26N2O4. The zero-order chi connectivity index (χ0) is 16.1. The first-order chi connectivity index (χ1) is 10.5. The van der Waals surface area contributed by atoms with Crippen molar-refractivity contribution in [1.82, 2.24) is 10.2 Å². The van der Waals surface area contributed by atoms with E-state index in [1.165, 1.54) is 12.8 Å². The molecule has 6 heteroatoms. The Morgan fingerprint density at radius 3 is 2.50 bits per heavy atom. The molecular weight excluding hydrogens is 284 g/mol. The van der Waals surface area contributed by atoms with Crippen molar-refractivity contribution in [3.05, 3.63) is 0 Å². The van der Waals surface area contributed by atoms with Crippen molar-refractivity contribution in [3.63, 3.8) is 0 Å². The summed E-state index contributed by atoms with van der Waals surface area (Å²) in [4.78, 5) is 37.0. The fourth-order valence-electron chi connectivity index (χ4n) is 3.31. The number of nitrogens with one attached hydrogen (secondary N) is 1. The third-order valence-corrected chi connectivity index (χ3v) is 4.80. The average Bonchev–Trinajstić information content (AvgIpc) is 2.71. The highest BCUT2D eigenvalue weighted by atomic mass is 16.4. The Kier molecular flexibility index (Phi) is 5.80. The third-order valence-electron chi connectivity index (χ3n) is 4.80. The van der Waals surface area contributed by atoms with Crippen molar-refractivity contribution in [2.75, 3.05) is 13.1 Å². The molecule has 1 saturated carbocycles. The van der Waals surface area contributed by atoms with Crippen LogP contribution < -0.4 is 5.32 Å². The second kappa shape index (κ2) is 7.61. The van der Waals surface area contributed by atoms with Gasteiger partial charge in [-0.1, -0.05) is 32.6 Å². The lowest BCUT2D eigenvalue weighted by atomic mass is 10.1. The van der Waals surface area contributed by atoms with Crippen molar-refractivity contribution in [1.29, 1.82) is 0 Å². The Balaban J connectivity index is 1.85. The van der Waals surface area contributed by atoms with Gasteiger partial charge in [0.1, 0.15) is 0 Å². The lowest BCUT2D eigenvalue weighted by molar-refractivity contribution is -0.141. The second-order valence-corrected chi connectivity index (χ2v) is 6.58. The quantitative estimate of drug-likeness (QED) is 0.751. The van der Waals surface area contributed by atoms with Crippen molar-refractivity contribution in [3.8, 4) is 0 Å². The summed E-state index contributed by atoms with van der Waals surface area (Å²) in [5.41, 5.74) is 0. The van der Waals surface area contributed by atoms with Crippen molar-refractivity contribution in [2.24, 2.45) is 11.8 Å². The minimum atomic E-state index is -0.928. The molecule has 2 N–H and O–H groups in total. The maximum atomic E-state index is 12.2. The van der Waals surface area contributed by atoms with Crippen molar-refractivity contribution >= 4 is 17.8 Å². The van der Waals surface area contributed by atoms with E-state index in [0.29, 0.717) is 6.54 Å². The molecule has 0 aromatic rings. The molecule has 1 heterocycles. The molecule has 0 unspecified atom stereocenters. The number of rotatable bonds is 5. The normalized spacial score (nSPS) is 24.9. The molecule has 6 nitrogen and oxygen atoms in total. The Labute approximate surface area is 131 Å². The van der Waals surface area contributed by atoms with Crippen LogP contribution in [-0.2, 0) is 14.4 Å². The number of likely N-dealkylation sites (tertiary alicyclic amines) is 1. The minimum Gasteiger partial charge on any atom is -0.481 e. The van der Waals surface area contributed by atoms with E-state index in [9.17, 15) is 14.4 Å². The van der Waals surface area contributed by atoms with Gasteiger partial charge in [-0.15, -0.1) is 0 Å². The van der Waals surface area contributed by atoms with Gasteiger partial charge in [-0.3, -0.25) is 14.4 Å². The Morgan fingerprint density at radius 2 is 1.91 bits per heavy atom. The summed E-state index contributed by atoms with van der Waals surface area (Å²) >= 11 is 0. The largest absolute Gasteiger partial charge is 0.481 e. The number of amides is 2. The number of carboxylic acid groups (broad SMARTS) is 1. The van der Waals surface area contributed by atoms with E-state index in [1.807, 2.05) is 4.90 Å². The summed E-state index contributed by atoms with van der Waals surface area (Å²) in [6, 6.07) is 0.283. The molecule has 1 saturated heterocycles. The standard InChI is InChI=1S/C16H26N2O4/c1-11(16(21)22)9-17-15(20)12-8-14(19)18(10-12)13-6-4-2-3-5-7-13/h11-13H,2-10H2,1H3,(H,17,20)(H,21,22)/t11-,12+/m1/s1. The molecule has 0 spiro atoms. The van der Waals surface area contributed by atoms with Crippen molar-refractivity contribution < 1.29 is 19.5 Å². The van der Waals surface area contributed by atoms with Gasteiger partial charge in [0.05, 0.1) is 11.8 Å². The SMILES string of the molecule is C[C@H](CNC(=O)[C@H]1CC(=O)N(C2CCCCCC2)C1)C(=O)O. The highest BCUT2D eigenvalue weighted by Gasteiger charge is 2.37. The zero-order valence-corrected chi connectivity index (χ0v) is 13.2. The van der Waals surface area contributed by atoms with Crippen LogP contribution >= 0.6 is 0 Å². The summed E-state index contributed by atoms with van der Waals surface area (Å²) in [6.07, 6.45) is 7.10. The first-order valence-corrected chi connectivity index (χ1v) is 8.29. The van der Waals surface area contributed by atoms with Crippen LogP contribution in [0, 0.1) is 11.8 Å². The van der Waals surface area contributed by atoms with Crippen LogP contribution in [-0.4, -0.2) is 46.9 Å². The number of carbonyl (C=O) groups is 3. The molecule has 0 aromatic heterocycles. The lowest BCUT2D eigenvalue weighted by Gasteiger charge is -2.27. The van der Waals surface area contributed by atoms with E-state index in [2.05, 4.69) is 5.32 Å². The Bertz CT molecular complexity index is 430. The number of hydrogen-bond donors (Lipinski definition) is 2. The first-order valence-electron chi connectivity index (χ1n) is 8.29. The fourth-order valence-corrected chi connectivity index (χ4v) is 3.31. The van der Waals surface area contributed by atoms with E-state index in [1.54, 1.807) is 6.92 Å². The average molecular weight is 310 g/mol. The van der Waals surface area contributed by atoms with Gasteiger partial charge in [0.15, 0.2) is 0 Å². The maximum absolute atomic E-state index is 12.2. The van der Waals surface area contributed by atoms with Crippen molar-refractivity contribution in [2.45, 2.75) is 57.9 Å². The highest BCUT2D eigenvalue weighted by Crippen LogP contribution is 2.28. The van der Waals surface area contributed by atoms with E-state index < -0.39 is 11.9 Å². The van der Waals surface area contributed by atoms with Gasteiger partial charge in [0, 0.05) is 25.6 Å². The summed E-state index contributed by atoms with van der Waals surface area (Å²) in [5, 5.41) is 11.5. The zero-order valence-electron chi connectivity index (χ0n) is 13.2. The predicted octanol–water partition coefficient (Wildman–Crippen LogP) is 1.39. The van der Waals surface area contributed by atoms with Gasteiger partial charge in [0.2, 0.25) is 11.8 Å². The van der Waals surface area contributed by atoms with E-state index in [-0.39, 0.29) is 36.7 Å². The number of carbonyl (C=O) groups excluding carboxylic acids is 2. The summed E-state index contributed by atoms with van der Waals surface area (Å²) in [7, 11) is 0. The molecule has 2 fully saturated rings. The van der Waals surface area contributed by atoms with Gasteiger partial charge < -0.3 is 15.3 Å². The summed E-state index contributed by atoms with van der Waals surface area (Å²) < 4.78 is 0. The van der Waals surface area contributed by atoms with Gasteiger partial charge in [-0.05, 0) is 12.8 Å². The molecule has 0 bridgehead atoms. The Hall–Kier alpha value is -1.59. The molecule has 1 aliphatic heterocycles. The number of nitrogens with zero attached hydrogens (tertiary/aromatic N) is 1. The van der Waals surface area contributed by atoms with Crippen LogP contribution in [0.3, 0.4) is 0 Å². The molecule has 1 aliphatic carbocycles. The van der Waals surface area contributed by atoms with E-state index >= 15 is 0 Å². The fraction of sp³-hybridized carbons (Fsp3) is 0.812. The van der Waals surface area contributed by atoms with Gasteiger partial charge in [-0.2, -0.15) is 0 Å². The highest BCUT2D eigenvalue weighted by molar-refractivity contribution is 5.89. The molecule has 0 aromatic carbocycles. The lowest BCUT2D eigenvalue weighted by Crippen LogP contribution is -2.39. The summed E-state index contributed by atoms with van der Waals surface area (Å²) in [6.45, 7) is 2.15. The minimum absolute atomic E-state index is 0.0679. The monoisotopic (exact) mass is 310 g/mol. The number of carboxylic acids is 1. The number of aliphatic carboxylic acids is 1. The predicted molar refractivity (Wildman–Crippen MR) is 81.1 cm³/mol. The van der Waals surface area contributed by atoms with Crippen LogP contribution in [0.1, 0.15) is 51.9 Å². The van der Waals surface area contributed by atoms with Gasteiger partial charge >= 0.3 is 5.97 Å². The van der Waals surface area contributed by atoms with E-state index in [4.69, 9.17) is 5.11 Å². The van der Waals surface area contributed by atoms with Crippen LogP contribution in [0.15, 0.2) is 0 Å².